The minimum atomic E-state index is -0.125. The van der Waals surface area contributed by atoms with Crippen LogP contribution in [0.4, 0.5) is 0 Å². The Morgan fingerprint density at radius 1 is 1.03 bits per heavy atom. The van der Waals surface area contributed by atoms with E-state index in [0.717, 1.165) is 28.0 Å². The van der Waals surface area contributed by atoms with Crippen molar-refractivity contribution in [3.8, 4) is 22.6 Å². The first-order valence-corrected chi connectivity index (χ1v) is 10.5. The van der Waals surface area contributed by atoms with E-state index in [1.807, 2.05) is 42.5 Å². The second-order valence-corrected chi connectivity index (χ2v) is 8.70. The Morgan fingerprint density at radius 3 is 2.24 bits per heavy atom. The van der Waals surface area contributed by atoms with Gasteiger partial charge in [-0.15, -0.1) is 35.4 Å². The van der Waals surface area contributed by atoms with Crippen LogP contribution in [-0.4, -0.2) is 15.9 Å². The Labute approximate surface area is 208 Å². The van der Waals surface area contributed by atoms with Crippen molar-refractivity contribution in [3.05, 3.63) is 90.2 Å². The summed E-state index contributed by atoms with van der Waals surface area (Å²) in [5, 5.41) is 9.37. The van der Waals surface area contributed by atoms with Crippen LogP contribution in [0.2, 0.25) is 0 Å². The normalized spacial score (nSPS) is 11.4. The molecule has 0 unspecified atom stereocenters. The molecule has 0 atom stereocenters. The van der Waals surface area contributed by atoms with Crippen molar-refractivity contribution in [2.45, 2.75) is 40.0 Å². The molecule has 2 aromatic carbocycles. The van der Waals surface area contributed by atoms with Gasteiger partial charge in [-0.25, -0.2) is 0 Å². The number of fused-ring (bicyclic) bond motifs is 1. The number of rotatable bonds is 3. The third-order valence-corrected chi connectivity index (χ3v) is 4.81. The fraction of sp³-hybridized carbons (Fsp3) is 0.214. The zero-order valence-electron chi connectivity index (χ0n) is 19.5. The molecule has 0 fully saturated rings. The average molecular weight is 619 g/mol. The Morgan fingerprint density at radius 2 is 1.73 bits per heavy atom. The van der Waals surface area contributed by atoms with Gasteiger partial charge in [0.05, 0.1) is 5.76 Å². The molecule has 0 spiro atoms. The number of carbonyl (C=O) groups excluding carboxylic acids is 1. The SMILES string of the molecule is CC(=O)/C=C(/C)O.CC(C)(C)c1c[c-]c(-c2ccc3cc(-c4ccccc4)oc3n2)cc1.[Ir]. The number of allylic oxidation sites excluding steroid dienone is 2. The molecule has 2 aromatic heterocycles. The van der Waals surface area contributed by atoms with E-state index >= 15 is 0 Å². The summed E-state index contributed by atoms with van der Waals surface area (Å²) < 4.78 is 5.97. The van der Waals surface area contributed by atoms with Gasteiger partial charge in [0.15, 0.2) is 5.78 Å². The Balaban J connectivity index is 0.000000423. The molecular formula is C28H28IrNO3-. The van der Waals surface area contributed by atoms with Crippen LogP contribution in [0.3, 0.4) is 0 Å². The van der Waals surface area contributed by atoms with Gasteiger partial charge in [-0.3, -0.25) is 9.78 Å². The van der Waals surface area contributed by atoms with Crippen LogP contribution >= 0.6 is 0 Å². The molecule has 4 rings (SSSR count). The van der Waals surface area contributed by atoms with Gasteiger partial charge in [0.2, 0.25) is 5.71 Å². The second kappa shape index (κ2) is 11.2. The molecule has 173 valence electrons. The van der Waals surface area contributed by atoms with E-state index in [1.54, 1.807) is 0 Å². The average Bonchev–Trinajstić information content (AvgIpc) is 3.17. The Hall–Kier alpha value is -3.01. The predicted octanol–water partition coefficient (Wildman–Crippen LogP) is 7.29. The number of hydrogen-bond acceptors (Lipinski definition) is 4. The van der Waals surface area contributed by atoms with E-state index in [4.69, 9.17) is 9.52 Å². The molecule has 2 heterocycles. The number of aliphatic hydroxyl groups excluding tert-OH is 1. The molecule has 1 N–H and O–H groups in total. The first-order valence-electron chi connectivity index (χ1n) is 10.5. The molecule has 4 aromatic rings. The summed E-state index contributed by atoms with van der Waals surface area (Å²) in [5.41, 5.74) is 4.96. The van der Waals surface area contributed by atoms with Crippen LogP contribution in [0.5, 0.6) is 0 Å². The number of pyridine rings is 1. The first-order chi connectivity index (χ1) is 15.1. The Bertz CT molecular complexity index is 1230. The third-order valence-electron chi connectivity index (χ3n) is 4.81. The third kappa shape index (κ3) is 7.24. The van der Waals surface area contributed by atoms with Crippen LogP contribution in [-0.2, 0) is 30.3 Å². The monoisotopic (exact) mass is 619 g/mol. The fourth-order valence-electron chi connectivity index (χ4n) is 3.16. The summed E-state index contributed by atoms with van der Waals surface area (Å²) in [4.78, 5) is 14.7. The molecule has 4 nitrogen and oxygen atoms in total. The van der Waals surface area contributed by atoms with E-state index in [1.165, 1.54) is 25.5 Å². The quantitative estimate of drug-likeness (QED) is 0.149. The molecule has 33 heavy (non-hydrogen) atoms. The zero-order chi connectivity index (χ0) is 23.3. The van der Waals surface area contributed by atoms with Gasteiger partial charge in [0.1, 0.15) is 5.76 Å². The summed E-state index contributed by atoms with van der Waals surface area (Å²) in [6.07, 6.45) is 1.17. The van der Waals surface area contributed by atoms with Crippen molar-refractivity contribution in [1.29, 1.82) is 0 Å². The zero-order valence-corrected chi connectivity index (χ0v) is 21.9. The standard InChI is InChI=1S/C23H20NO.C5H8O2.Ir/c1-23(2,3)19-12-9-16(10-13-19)20-14-11-18-15-21(25-22(18)24-20)17-7-5-4-6-8-17;1-4(6)3-5(2)7;/h4-9,11-15H,1-3H3;3,6H,1-2H3;/q-1;;/b;4-3-;. The van der Waals surface area contributed by atoms with Gasteiger partial charge in [0.25, 0.3) is 0 Å². The van der Waals surface area contributed by atoms with Gasteiger partial charge >= 0.3 is 0 Å². The fourth-order valence-corrected chi connectivity index (χ4v) is 3.16. The van der Waals surface area contributed by atoms with Crippen LogP contribution in [0.25, 0.3) is 33.7 Å². The number of hydrogen-bond donors (Lipinski definition) is 1. The van der Waals surface area contributed by atoms with E-state index in [2.05, 4.69) is 56.1 Å². The second-order valence-electron chi connectivity index (χ2n) is 8.70. The predicted molar refractivity (Wildman–Crippen MR) is 129 cm³/mol. The van der Waals surface area contributed by atoms with Crippen molar-refractivity contribution in [3.63, 3.8) is 0 Å². The van der Waals surface area contributed by atoms with Gasteiger partial charge in [0, 0.05) is 37.1 Å². The molecular weight excluding hydrogens is 591 g/mol. The molecule has 0 aliphatic carbocycles. The Kier molecular flexibility index (Phi) is 8.92. The first kappa shape index (κ1) is 26.2. The van der Waals surface area contributed by atoms with Crippen molar-refractivity contribution in [1.82, 2.24) is 4.98 Å². The topological polar surface area (TPSA) is 63.3 Å². The maximum Gasteiger partial charge on any atom is 0.217 e. The van der Waals surface area contributed by atoms with Gasteiger partial charge in [-0.05, 0) is 31.0 Å². The summed E-state index contributed by atoms with van der Waals surface area (Å²) in [6.45, 7) is 9.46. The van der Waals surface area contributed by atoms with E-state index in [-0.39, 0.29) is 37.1 Å². The minimum absolute atomic E-state index is 0. The number of aliphatic hydroxyl groups is 1. The van der Waals surface area contributed by atoms with Crippen LogP contribution in [0, 0.1) is 6.07 Å². The molecule has 0 amide bonds. The number of nitrogens with zero attached hydrogens (tertiary/aromatic N) is 1. The molecule has 1 radical (unpaired) electrons. The maximum atomic E-state index is 10.0. The van der Waals surface area contributed by atoms with E-state index in [0.29, 0.717) is 5.71 Å². The van der Waals surface area contributed by atoms with Crippen molar-refractivity contribution in [2.75, 3.05) is 0 Å². The number of furan rings is 1. The van der Waals surface area contributed by atoms with Crippen LogP contribution in [0.1, 0.15) is 40.2 Å². The number of aromatic nitrogens is 1. The molecule has 0 bridgehead atoms. The summed E-state index contributed by atoms with van der Waals surface area (Å²) in [5.74, 6) is 0.778. The molecule has 0 saturated heterocycles. The number of carbonyl (C=O) groups is 1. The number of ketones is 1. The summed E-state index contributed by atoms with van der Waals surface area (Å²) in [7, 11) is 0. The van der Waals surface area contributed by atoms with E-state index < -0.39 is 0 Å². The van der Waals surface area contributed by atoms with Gasteiger partial charge in [-0.1, -0.05) is 63.2 Å². The molecule has 0 aliphatic heterocycles. The molecule has 0 saturated carbocycles. The van der Waals surface area contributed by atoms with E-state index in [9.17, 15) is 4.79 Å². The van der Waals surface area contributed by atoms with Crippen LogP contribution in [0.15, 0.2) is 83.0 Å². The van der Waals surface area contributed by atoms with Crippen LogP contribution < -0.4 is 0 Å². The van der Waals surface area contributed by atoms with Gasteiger partial charge in [-0.2, -0.15) is 0 Å². The van der Waals surface area contributed by atoms with Crippen molar-refractivity contribution >= 4 is 16.9 Å². The maximum absolute atomic E-state index is 10.0. The summed E-state index contributed by atoms with van der Waals surface area (Å²) >= 11 is 0. The number of benzene rings is 2. The molecule has 0 aliphatic rings. The minimum Gasteiger partial charge on any atom is -0.512 e. The summed E-state index contributed by atoms with van der Waals surface area (Å²) in [6, 6.07) is 25.8. The van der Waals surface area contributed by atoms with Crippen molar-refractivity contribution in [2.24, 2.45) is 0 Å². The smallest absolute Gasteiger partial charge is 0.217 e. The largest absolute Gasteiger partial charge is 0.512 e. The molecule has 5 heteroatoms. The van der Waals surface area contributed by atoms with Crippen molar-refractivity contribution < 1.29 is 34.4 Å². The van der Waals surface area contributed by atoms with Gasteiger partial charge < -0.3 is 9.52 Å².